The molecule has 214 valence electrons. The maximum Gasteiger partial charge on any atom is 0.119 e. The van der Waals surface area contributed by atoms with Crippen molar-refractivity contribution in [1.29, 1.82) is 0 Å². The van der Waals surface area contributed by atoms with Gasteiger partial charge in [-0.1, -0.05) is 76.2 Å². The fourth-order valence-electron chi connectivity index (χ4n) is 5.40. The van der Waals surface area contributed by atoms with Crippen LogP contribution >= 0.6 is 0 Å². The highest BCUT2D eigenvalue weighted by atomic mass is 16.5. The normalized spacial score (nSPS) is 20.2. The monoisotopic (exact) mass is 544 g/mol. The van der Waals surface area contributed by atoms with Gasteiger partial charge in [-0.2, -0.15) is 0 Å². The topological polar surface area (TPSA) is 61.0 Å². The van der Waals surface area contributed by atoms with Crippen molar-refractivity contribution in [3.63, 3.8) is 0 Å². The van der Waals surface area contributed by atoms with Crippen molar-refractivity contribution < 1.29 is 18.9 Å². The van der Waals surface area contributed by atoms with Crippen LogP contribution in [0, 0.1) is 0 Å². The summed E-state index contributed by atoms with van der Waals surface area (Å²) < 4.78 is 23.4. The predicted molar refractivity (Wildman–Crippen MR) is 160 cm³/mol. The van der Waals surface area contributed by atoms with E-state index in [4.69, 9.17) is 18.9 Å². The molecule has 2 heterocycles. The zero-order valence-corrected chi connectivity index (χ0v) is 24.4. The first-order chi connectivity index (χ1) is 19.3. The summed E-state index contributed by atoms with van der Waals surface area (Å²) in [5, 5.41) is 6.68. The van der Waals surface area contributed by atoms with Crippen LogP contribution in [0.25, 0.3) is 0 Å². The highest BCUT2D eigenvalue weighted by molar-refractivity contribution is 5.45. The van der Waals surface area contributed by atoms with Crippen molar-refractivity contribution in [2.75, 3.05) is 52.6 Å². The molecule has 2 aliphatic rings. The van der Waals surface area contributed by atoms with Crippen molar-refractivity contribution in [3.8, 4) is 11.5 Å². The van der Waals surface area contributed by atoms with Crippen molar-refractivity contribution in [2.45, 2.75) is 50.7 Å². The lowest BCUT2D eigenvalue weighted by Gasteiger charge is -2.30. The smallest absolute Gasteiger partial charge is 0.119 e. The zero-order valence-electron chi connectivity index (χ0n) is 24.4. The standard InChI is InChI=1S/C34H44N2O4/c1-33(2,27-9-13-29(14-10-27)39-23-31-21-35-17-19-37-31)25-5-7-26(8-6-25)34(3,4)28-11-15-30(16-12-28)40-24-32-22-36-18-20-38-32/h5-16,31-32,35-36H,17-24H2,1-4H3. The van der Waals surface area contributed by atoms with E-state index in [1.165, 1.54) is 22.3 Å². The van der Waals surface area contributed by atoms with Crippen LogP contribution in [0.4, 0.5) is 0 Å². The third-order valence-corrected chi connectivity index (χ3v) is 8.36. The molecular weight excluding hydrogens is 500 g/mol. The molecular formula is C34H44N2O4. The van der Waals surface area contributed by atoms with Crippen molar-refractivity contribution in [1.82, 2.24) is 10.6 Å². The summed E-state index contributed by atoms with van der Waals surface area (Å²) in [6.45, 7) is 15.2. The molecule has 2 saturated heterocycles. The summed E-state index contributed by atoms with van der Waals surface area (Å²) in [6.07, 6.45) is 0.219. The largest absolute Gasteiger partial charge is 0.491 e. The van der Waals surface area contributed by atoms with E-state index in [1.54, 1.807) is 0 Å². The average molecular weight is 545 g/mol. The van der Waals surface area contributed by atoms with Gasteiger partial charge in [0.1, 0.15) is 36.9 Å². The fraction of sp³-hybridized carbons (Fsp3) is 0.471. The Hall–Kier alpha value is -2.90. The molecule has 0 aromatic heterocycles. The van der Waals surface area contributed by atoms with Crippen molar-refractivity contribution in [2.24, 2.45) is 0 Å². The highest BCUT2D eigenvalue weighted by Gasteiger charge is 2.27. The lowest BCUT2D eigenvalue weighted by molar-refractivity contribution is 0.000159. The van der Waals surface area contributed by atoms with E-state index >= 15 is 0 Å². The number of rotatable bonds is 10. The van der Waals surface area contributed by atoms with E-state index in [0.29, 0.717) is 13.2 Å². The van der Waals surface area contributed by atoms with Gasteiger partial charge >= 0.3 is 0 Å². The minimum Gasteiger partial charge on any atom is -0.491 e. The molecule has 0 saturated carbocycles. The molecule has 0 spiro atoms. The molecule has 2 fully saturated rings. The third kappa shape index (κ3) is 6.87. The molecule has 3 aromatic carbocycles. The molecule has 0 amide bonds. The van der Waals surface area contributed by atoms with Crippen molar-refractivity contribution >= 4 is 0 Å². The molecule has 40 heavy (non-hydrogen) atoms. The van der Waals surface area contributed by atoms with Gasteiger partial charge in [-0.05, 0) is 46.5 Å². The van der Waals surface area contributed by atoms with E-state index < -0.39 is 0 Å². The van der Waals surface area contributed by atoms with Gasteiger partial charge in [0.05, 0.1) is 13.2 Å². The van der Waals surface area contributed by atoms with E-state index in [1.807, 2.05) is 0 Å². The van der Waals surface area contributed by atoms with Gasteiger partial charge in [-0.25, -0.2) is 0 Å². The number of hydrogen-bond acceptors (Lipinski definition) is 6. The van der Waals surface area contributed by atoms with Crippen LogP contribution in [-0.2, 0) is 20.3 Å². The van der Waals surface area contributed by atoms with Crippen LogP contribution in [-0.4, -0.2) is 64.8 Å². The molecule has 3 aromatic rings. The Kier molecular flexibility index (Phi) is 9.11. The Morgan fingerprint density at radius 3 is 1.20 bits per heavy atom. The van der Waals surface area contributed by atoms with E-state index in [-0.39, 0.29) is 23.0 Å². The number of nitrogens with one attached hydrogen (secondary N) is 2. The first-order valence-corrected chi connectivity index (χ1v) is 14.5. The van der Waals surface area contributed by atoms with Gasteiger partial charge < -0.3 is 29.6 Å². The van der Waals surface area contributed by atoms with Crippen LogP contribution in [0.15, 0.2) is 72.8 Å². The van der Waals surface area contributed by atoms with Crippen LogP contribution in [0.1, 0.15) is 49.9 Å². The van der Waals surface area contributed by atoms with Crippen molar-refractivity contribution in [3.05, 3.63) is 95.1 Å². The second-order valence-corrected chi connectivity index (χ2v) is 11.9. The van der Waals surface area contributed by atoms with Crippen LogP contribution in [0.5, 0.6) is 11.5 Å². The Morgan fingerprint density at radius 2 is 0.900 bits per heavy atom. The fourth-order valence-corrected chi connectivity index (χ4v) is 5.40. The zero-order chi connectivity index (χ0) is 28.0. The Morgan fingerprint density at radius 1 is 0.575 bits per heavy atom. The van der Waals surface area contributed by atoms with Gasteiger partial charge in [0.25, 0.3) is 0 Å². The molecule has 2 atom stereocenters. The minimum atomic E-state index is -0.131. The van der Waals surface area contributed by atoms with Gasteiger partial charge in [0.15, 0.2) is 0 Å². The number of ether oxygens (including phenoxy) is 4. The summed E-state index contributed by atoms with van der Waals surface area (Å²) in [7, 11) is 0. The molecule has 2 aliphatic heterocycles. The van der Waals surface area contributed by atoms with E-state index in [9.17, 15) is 0 Å². The highest BCUT2D eigenvalue weighted by Crippen LogP contribution is 2.36. The summed E-state index contributed by atoms with van der Waals surface area (Å²) in [4.78, 5) is 0. The van der Waals surface area contributed by atoms with Gasteiger partial charge in [-0.15, -0.1) is 0 Å². The van der Waals surface area contributed by atoms with Gasteiger partial charge in [0.2, 0.25) is 0 Å². The Balaban J connectivity index is 1.20. The molecule has 0 radical (unpaired) electrons. The van der Waals surface area contributed by atoms with E-state index in [2.05, 4.69) is 111 Å². The lowest BCUT2D eigenvalue weighted by Crippen LogP contribution is -2.41. The van der Waals surface area contributed by atoms with E-state index in [0.717, 1.165) is 50.9 Å². The first-order valence-electron chi connectivity index (χ1n) is 14.5. The minimum absolute atomic E-state index is 0.109. The molecule has 0 aliphatic carbocycles. The molecule has 2 N–H and O–H groups in total. The molecule has 6 nitrogen and oxygen atoms in total. The second-order valence-electron chi connectivity index (χ2n) is 11.9. The predicted octanol–water partition coefficient (Wildman–Crippen LogP) is 5.07. The number of morpholine rings is 2. The van der Waals surface area contributed by atoms with Gasteiger partial charge in [0, 0.05) is 37.0 Å². The third-order valence-electron chi connectivity index (χ3n) is 8.36. The number of benzene rings is 3. The maximum absolute atomic E-state index is 5.98. The maximum atomic E-state index is 5.98. The lowest BCUT2D eigenvalue weighted by atomic mass is 9.74. The summed E-state index contributed by atoms with van der Waals surface area (Å²) in [6, 6.07) is 26.0. The Labute approximate surface area is 239 Å². The van der Waals surface area contributed by atoms with Crippen LogP contribution < -0.4 is 20.1 Å². The summed E-state index contributed by atoms with van der Waals surface area (Å²) >= 11 is 0. The Bertz CT molecular complexity index is 1100. The summed E-state index contributed by atoms with van der Waals surface area (Å²) in [5.41, 5.74) is 4.82. The molecule has 0 bridgehead atoms. The summed E-state index contributed by atoms with van der Waals surface area (Å²) in [5.74, 6) is 1.75. The van der Waals surface area contributed by atoms with Gasteiger partial charge in [-0.3, -0.25) is 0 Å². The van der Waals surface area contributed by atoms with Crippen LogP contribution in [0.2, 0.25) is 0 Å². The molecule has 6 heteroatoms. The SMILES string of the molecule is CC(C)(c1ccc(OCC2CNCCO2)cc1)c1ccc(C(C)(C)c2ccc(OCC3CNCCO3)cc2)cc1. The van der Waals surface area contributed by atoms with Crippen LogP contribution in [0.3, 0.4) is 0 Å². The second kappa shape index (κ2) is 12.7. The molecule has 5 rings (SSSR count). The number of hydrogen-bond donors (Lipinski definition) is 2. The molecule has 2 unspecified atom stereocenters. The quantitative estimate of drug-likeness (QED) is 0.372. The first kappa shape index (κ1) is 28.6. The average Bonchev–Trinajstić information content (AvgIpc) is 3.00.